The number of aldehydes is 1. The van der Waals surface area contributed by atoms with E-state index < -0.39 is 5.82 Å². The number of hydrogen-bond acceptors (Lipinski definition) is 8. The van der Waals surface area contributed by atoms with Crippen molar-refractivity contribution in [2.75, 3.05) is 23.3 Å². The number of allylic oxidation sites excluding steroid dienone is 1. The molecule has 0 amide bonds. The van der Waals surface area contributed by atoms with Crippen LogP contribution in [0, 0.1) is 5.82 Å². The van der Waals surface area contributed by atoms with Gasteiger partial charge < -0.3 is 19.9 Å². The van der Waals surface area contributed by atoms with E-state index in [2.05, 4.69) is 25.1 Å². The summed E-state index contributed by atoms with van der Waals surface area (Å²) >= 11 is 6.22. The molecular weight excluding hydrogens is 459 g/mol. The second-order valence-corrected chi connectivity index (χ2v) is 9.19. The summed E-state index contributed by atoms with van der Waals surface area (Å²) < 4.78 is 20.7. The third-order valence-corrected chi connectivity index (χ3v) is 6.87. The minimum atomic E-state index is -0.594. The summed E-state index contributed by atoms with van der Waals surface area (Å²) in [5, 5.41) is 2.99. The van der Waals surface area contributed by atoms with Gasteiger partial charge in [0.15, 0.2) is 11.6 Å². The van der Waals surface area contributed by atoms with Crippen LogP contribution in [-0.2, 0) is 4.79 Å². The van der Waals surface area contributed by atoms with Crippen LogP contribution < -0.4 is 15.0 Å². The van der Waals surface area contributed by atoms with Crippen molar-refractivity contribution >= 4 is 46.2 Å². The molecule has 4 heterocycles. The first-order chi connectivity index (χ1) is 16.6. The third-order valence-electron chi connectivity index (χ3n) is 6.52. The minimum absolute atomic E-state index is 0.0508. The molecule has 2 aliphatic heterocycles. The van der Waals surface area contributed by atoms with Gasteiger partial charge in [0.2, 0.25) is 0 Å². The molecule has 2 bridgehead atoms. The smallest absolute Gasteiger partial charge is 0.169 e. The van der Waals surface area contributed by atoms with E-state index in [0.29, 0.717) is 34.7 Å². The second kappa shape index (κ2) is 8.39. The lowest BCUT2D eigenvalue weighted by atomic mass is 10.2. The summed E-state index contributed by atoms with van der Waals surface area (Å²) in [6, 6.07) is 7.76. The Morgan fingerprint density at radius 1 is 1.15 bits per heavy atom. The Balaban J connectivity index is 1.27. The van der Waals surface area contributed by atoms with Crippen molar-refractivity contribution in [1.82, 2.24) is 19.9 Å². The fourth-order valence-electron chi connectivity index (χ4n) is 4.70. The number of ether oxygens (including phenoxy) is 1. The Morgan fingerprint density at radius 3 is 2.79 bits per heavy atom. The number of carbonyl (C=O) groups excluding carboxylic acids is 1. The Morgan fingerprint density at radius 2 is 2.03 bits per heavy atom. The van der Waals surface area contributed by atoms with Crippen molar-refractivity contribution in [2.45, 2.75) is 37.5 Å². The Hall–Kier alpha value is -3.46. The second-order valence-electron chi connectivity index (χ2n) is 8.81. The number of anilines is 3. The van der Waals surface area contributed by atoms with Crippen molar-refractivity contribution in [3.8, 4) is 5.75 Å². The molecule has 174 valence electrons. The van der Waals surface area contributed by atoms with E-state index in [1.165, 1.54) is 12.4 Å². The van der Waals surface area contributed by atoms with Gasteiger partial charge in [-0.1, -0.05) is 11.6 Å². The van der Waals surface area contributed by atoms with E-state index in [1.807, 2.05) is 18.3 Å². The molecule has 8 nitrogen and oxygen atoms in total. The molecule has 0 spiro atoms. The zero-order valence-electron chi connectivity index (χ0n) is 18.2. The minimum Gasteiger partial charge on any atom is -0.489 e. The fraction of sp³-hybridized carbons (Fsp3) is 0.333. The lowest BCUT2D eigenvalue weighted by molar-refractivity contribution is -0.104. The molecule has 1 aliphatic carbocycles. The summed E-state index contributed by atoms with van der Waals surface area (Å²) in [5.41, 5.74) is 1.40. The molecular formula is C24H22ClFN6O2. The van der Waals surface area contributed by atoms with Crippen molar-refractivity contribution in [3.05, 3.63) is 53.7 Å². The number of benzene rings is 1. The molecule has 1 saturated carbocycles. The van der Waals surface area contributed by atoms with E-state index in [1.54, 1.807) is 12.1 Å². The highest BCUT2D eigenvalue weighted by molar-refractivity contribution is 6.32. The average molecular weight is 481 g/mol. The monoisotopic (exact) mass is 480 g/mol. The predicted octanol–water partition coefficient (Wildman–Crippen LogP) is 4.08. The quantitative estimate of drug-likeness (QED) is 0.400. The molecule has 2 aromatic heterocycles. The van der Waals surface area contributed by atoms with Crippen LogP contribution in [-0.4, -0.2) is 57.4 Å². The zero-order chi connectivity index (χ0) is 23.2. The summed E-state index contributed by atoms with van der Waals surface area (Å²) in [7, 11) is 0. The molecule has 0 radical (unpaired) electrons. The zero-order valence-corrected chi connectivity index (χ0v) is 19.0. The molecule has 34 heavy (non-hydrogen) atoms. The van der Waals surface area contributed by atoms with Crippen LogP contribution in [0.2, 0.25) is 5.02 Å². The van der Waals surface area contributed by atoms with Crippen molar-refractivity contribution in [1.29, 1.82) is 0 Å². The molecule has 1 aromatic carbocycles. The first-order valence-corrected chi connectivity index (χ1v) is 11.7. The maximum atomic E-state index is 15.0. The summed E-state index contributed by atoms with van der Waals surface area (Å²) in [4.78, 5) is 28.6. The maximum absolute atomic E-state index is 15.0. The van der Waals surface area contributed by atoms with Gasteiger partial charge in [-0.2, -0.15) is 0 Å². The van der Waals surface area contributed by atoms with Crippen LogP contribution in [0.25, 0.3) is 11.0 Å². The lowest BCUT2D eigenvalue weighted by Crippen LogP contribution is -2.44. The number of rotatable bonds is 7. The first-order valence-electron chi connectivity index (χ1n) is 11.3. The molecule has 2 saturated heterocycles. The Bertz CT molecular complexity index is 1300. The molecule has 6 rings (SSSR count). The van der Waals surface area contributed by atoms with Gasteiger partial charge in [-0.15, -0.1) is 0 Å². The molecule has 3 aliphatic rings. The number of nitrogens with one attached hydrogen (secondary N) is 1. The number of halogens is 2. The van der Waals surface area contributed by atoms with Gasteiger partial charge in [0.05, 0.1) is 17.3 Å². The summed E-state index contributed by atoms with van der Waals surface area (Å²) in [5.74, 6) is 0.977. The highest BCUT2D eigenvalue weighted by Gasteiger charge is 2.42. The number of likely N-dealkylation sites (tertiary alicyclic amines) is 1. The highest BCUT2D eigenvalue weighted by atomic mass is 35.5. The standard InChI is InChI=1S/C24H22ClFN6O2/c25-21-19(34-16-2-3-16)6-4-17(22(21)26)29-24-23-18(27-13-28-24)5-7-20(30-23)32-12-14-10-15(32)11-31(14)8-1-9-33/h1,4-9,13-16H,2-3,10-12H2,(H,27,28,29)/b8-1+/t14-,15-/m0/s1. The number of fused-ring (bicyclic) bond motifs is 3. The maximum Gasteiger partial charge on any atom is 0.169 e. The molecule has 10 heteroatoms. The van der Waals surface area contributed by atoms with Gasteiger partial charge in [-0.3, -0.25) is 4.79 Å². The Kier molecular flexibility index (Phi) is 5.21. The van der Waals surface area contributed by atoms with Crippen LogP contribution in [0.1, 0.15) is 19.3 Å². The van der Waals surface area contributed by atoms with Gasteiger partial charge in [0.25, 0.3) is 0 Å². The first kappa shape index (κ1) is 21.1. The normalized spacial score (nSPS) is 21.6. The molecule has 0 unspecified atom stereocenters. The SMILES string of the molecule is O=C/C=C/N1C[C@@H]2C[C@H]1CN2c1ccc2ncnc(Nc3ccc(OC4CC4)c(Cl)c3F)c2n1. The van der Waals surface area contributed by atoms with Crippen LogP contribution in [0.5, 0.6) is 5.75 Å². The average Bonchev–Trinajstić information content (AvgIpc) is 3.45. The van der Waals surface area contributed by atoms with Gasteiger partial charge in [-0.25, -0.2) is 19.3 Å². The molecule has 2 atom stereocenters. The molecule has 3 fully saturated rings. The predicted molar refractivity (Wildman–Crippen MR) is 127 cm³/mol. The van der Waals surface area contributed by atoms with Crippen molar-refractivity contribution < 1.29 is 13.9 Å². The van der Waals surface area contributed by atoms with Crippen LogP contribution in [0.15, 0.2) is 42.9 Å². The van der Waals surface area contributed by atoms with Crippen molar-refractivity contribution in [3.63, 3.8) is 0 Å². The van der Waals surface area contributed by atoms with Crippen LogP contribution in [0.3, 0.4) is 0 Å². The fourth-order valence-corrected chi connectivity index (χ4v) is 4.91. The number of nitrogens with zero attached hydrogens (tertiary/aromatic N) is 5. The van der Waals surface area contributed by atoms with Crippen LogP contribution in [0.4, 0.5) is 21.7 Å². The molecule has 1 N–H and O–H groups in total. The van der Waals surface area contributed by atoms with Crippen LogP contribution >= 0.6 is 11.6 Å². The van der Waals surface area contributed by atoms with E-state index in [-0.39, 0.29) is 16.8 Å². The van der Waals surface area contributed by atoms with E-state index in [4.69, 9.17) is 21.3 Å². The topological polar surface area (TPSA) is 83.5 Å². The number of hydrogen-bond donors (Lipinski definition) is 1. The van der Waals surface area contributed by atoms with Crippen molar-refractivity contribution in [2.24, 2.45) is 0 Å². The Labute approximate surface area is 200 Å². The summed E-state index contributed by atoms with van der Waals surface area (Å²) in [6.07, 6.45) is 8.68. The van der Waals surface area contributed by atoms with E-state index >= 15 is 0 Å². The number of pyridine rings is 1. The third kappa shape index (κ3) is 3.79. The van der Waals surface area contributed by atoms with Gasteiger partial charge in [-0.05, 0) is 49.6 Å². The number of aromatic nitrogens is 3. The highest BCUT2D eigenvalue weighted by Crippen LogP contribution is 2.38. The number of piperazine rings is 1. The van der Waals surface area contributed by atoms with Gasteiger partial charge >= 0.3 is 0 Å². The lowest BCUT2D eigenvalue weighted by Gasteiger charge is -2.34. The molecule has 3 aromatic rings. The van der Waals surface area contributed by atoms with Gasteiger partial charge in [0.1, 0.15) is 34.7 Å². The summed E-state index contributed by atoms with van der Waals surface area (Å²) in [6.45, 7) is 1.65. The van der Waals surface area contributed by atoms with E-state index in [0.717, 1.165) is 44.5 Å². The van der Waals surface area contributed by atoms with Gasteiger partial charge in [0, 0.05) is 31.4 Å². The largest absolute Gasteiger partial charge is 0.489 e. The number of carbonyl (C=O) groups is 1. The van der Waals surface area contributed by atoms with E-state index in [9.17, 15) is 9.18 Å².